The molecule has 1 aromatic rings. The van der Waals surface area contributed by atoms with Gasteiger partial charge in [0, 0.05) is 12.8 Å². The fraction of sp³-hybridized carbons (Fsp3) is 0.462. The molecule has 0 radical (unpaired) electrons. The molecule has 1 N–H and O–H groups in total. The molecule has 0 bridgehead atoms. The summed E-state index contributed by atoms with van der Waals surface area (Å²) in [6, 6.07) is 5.10. The van der Waals surface area contributed by atoms with Gasteiger partial charge < -0.3 is 10.1 Å². The molecular weight excluding hydrogens is 230 g/mol. The van der Waals surface area contributed by atoms with Crippen LogP contribution in [0.3, 0.4) is 0 Å². The van der Waals surface area contributed by atoms with Gasteiger partial charge in [-0.3, -0.25) is 4.79 Å². The smallest absolute Gasteiger partial charge is 0.270 e. The fourth-order valence-electron chi connectivity index (χ4n) is 1.92. The number of nitriles is 1. The monoisotopic (exact) mass is 245 g/mol. The Morgan fingerprint density at radius 1 is 1.67 bits per heavy atom. The summed E-state index contributed by atoms with van der Waals surface area (Å²) in [6.45, 7) is 4.56. The quantitative estimate of drug-likeness (QED) is 0.850. The molecule has 1 amide bonds. The maximum atomic E-state index is 12.0. The second kappa shape index (κ2) is 4.75. The second-order valence-electron chi connectivity index (χ2n) is 4.68. The van der Waals surface area contributed by atoms with Gasteiger partial charge in [0.05, 0.1) is 17.2 Å². The highest BCUT2D eigenvalue weighted by Crippen LogP contribution is 2.25. The molecule has 0 aromatic carbocycles. The Hall–Kier alpha value is -1.93. The van der Waals surface area contributed by atoms with Crippen molar-refractivity contribution in [1.29, 1.82) is 5.26 Å². The molecule has 2 heterocycles. The molecule has 5 heteroatoms. The maximum Gasteiger partial charge on any atom is 0.270 e. The van der Waals surface area contributed by atoms with Crippen LogP contribution in [0.25, 0.3) is 0 Å². The molecule has 2 atom stereocenters. The van der Waals surface area contributed by atoms with E-state index >= 15 is 0 Å². The zero-order valence-electron chi connectivity index (χ0n) is 10.4. The molecule has 18 heavy (non-hydrogen) atoms. The van der Waals surface area contributed by atoms with Gasteiger partial charge in [0.25, 0.3) is 5.91 Å². The van der Waals surface area contributed by atoms with Gasteiger partial charge in [0.15, 0.2) is 0 Å². The lowest BCUT2D eigenvalue weighted by atomic mass is 9.94. The van der Waals surface area contributed by atoms with E-state index in [1.165, 1.54) is 6.20 Å². The molecule has 0 aliphatic carbocycles. The number of aromatic nitrogens is 1. The maximum absolute atomic E-state index is 12.0. The van der Waals surface area contributed by atoms with Gasteiger partial charge in [0.1, 0.15) is 11.8 Å². The Morgan fingerprint density at radius 3 is 2.94 bits per heavy atom. The summed E-state index contributed by atoms with van der Waals surface area (Å²) in [5, 5.41) is 11.6. The van der Waals surface area contributed by atoms with Crippen molar-refractivity contribution in [2.24, 2.45) is 0 Å². The topological polar surface area (TPSA) is 75.0 Å². The summed E-state index contributed by atoms with van der Waals surface area (Å²) in [4.78, 5) is 16.0. The third-order valence-electron chi connectivity index (χ3n) is 3.41. The van der Waals surface area contributed by atoms with Crippen molar-refractivity contribution in [3.8, 4) is 6.07 Å². The first-order valence-corrected chi connectivity index (χ1v) is 5.85. The average Bonchev–Trinajstić information content (AvgIpc) is 2.69. The van der Waals surface area contributed by atoms with E-state index in [0.29, 0.717) is 17.9 Å². The van der Waals surface area contributed by atoms with E-state index in [2.05, 4.69) is 10.3 Å². The Labute approximate surface area is 106 Å². The van der Waals surface area contributed by atoms with Crippen LogP contribution in [0.5, 0.6) is 0 Å². The van der Waals surface area contributed by atoms with Crippen molar-refractivity contribution >= 4 is 5.91 Å². The molecule has 2 unspecified atom stereocenters. The average molecular weight is 245 g/mol. The van der Waals surface area contributed by atoms with Crippen LogP contribution in [0.2, 0.25) is 0 Å². The van der Waals surface area contributed by atoms with Crippen molar-refractivity contribution in [2.75, 3.05) is 6.61 Å². The number of amides is 1. The van der Waals surface area contributed by atoms with E-state index in [1.54, 1.807) is 12.1 Å². The Morgan fingerprint density at radius 2 is 2.44 bits per heavy atom. The largest absolute Gasteiger partial charge is 0.376 e. The summed E-state index contributed by atoms with van der Waals surface area (Å²) in [7, 11) is 0. The molecule has 2 rings (SSSR count). The van der Waals surface area contributed by atoms with Gasteiger partial charge in [-0.2, -0.15) is 5.26 Å². The van der Waals surface area contributed by atoms with Crippen LogP contribution >= 0.6 is 0 Å². The van der Waals surface area contributed by atoms with Gasteiger partial charge in [-0.25, -0.2) is 4.98 Å². The van der Waals surface area contributed by atoms with E-state index < -0.39 is 0 Å². The number of hydrogen-bond acceptors (Lipinski definition) is 4. The van der Waals surface area contributed by atoms with Crippen molar-refractivity contribution in [3.05, 3.63) is 29.6 Å². The van der Waals surface area contributed by atoms with Crippen LogP contribution in [0.4, 0.5) is 0 Å². The third kappa shape index (κ3) is 2.34. The summed E-state index contributed by atoms with van der Waals surface area (Å²) in [5.74, 6) is -0.237. The van der Waals surface area contributed by atoms with E-state index in [0.717, 1.165) is 6.42 Å². The number of nitrogens with one attached hydrogen (secondary N) is 1. The highest BCUT2D eigenvalue weighted by molar-refractivity contribution is 5.92. The molecular formula is C13H15N3O2. The van der Waals surface area contributed by atoms with Crippen LogP contribution in [0, 0.1) is 11.3 Å². The van der Waals surface area contributed by atoms with Gasteiger partial charge in [0.2, 0.25) is 0 Å². The first-order valence-electron chi connectivity index (χ1n) is 5.85. The normalized spacial score (nSPS) is 26.6. The van der Waals surface area contributed by atoms with Crippen molar-refractivity contribution in [1.82, 2.24) is 10.3 Å². The summed E-state index contributed by atoms with van der Waals surface area (Å²) in [5.41, 5.74) is 0.400. The van der Waals surface area contributed by atoms with Gasteiger partial charge >= 0.3 is 0 Å². The number of hydrogen-bond donors (Lipinski definition) is 1. The number of pyridine rings is 1. The standard InChI is InChI=1S/C13H15N3O2/c1-9-13(2,5-6-18-9)16-12(17)11-4-3-10(7-14)8-15-11/h3-4,8-9H,5-6H2,1-2H3,(H,16,17). The number of carbonyl (C=O) groups is 1. The lowest BCUT2D eigenvalue weighted by Gasteiger charge is -2.28. The first-order chi connectivity index (χ1) is 8.55. The van der Waals surface area contributed by atoms with E-state index in [1.807, 2.05) is 19.9 Å². The minimum Gasteiger partial charge on any atom is -0.376 e. The van der Waals surface area contributed by atoms with Crippen molar-refractivity contribution < 1.29 is 9.53 Å². The van der Waals surface area contributed by atoms with Crippen LogP contribution in [-0.2, 0) is 4.74 Å². The van der Waals surface area contributed by atoms with Crippen molar-refractivity contribution in [3.63, 3.8) is 0 Å². The molecule has 1 aliphatic rings. The SMILES string of the molecule is CC1OCCC1(C)NC(=O)c1ccc(C#N)cn1. The van der Waals surface area contributed by atoms with Crippen LogP contribution in [0.1, 0.15) is 36.3 Å². The molecule has 0 saturated carbocycles. The molecule has 0 spiro atoms. The summed E-state index contributed by atoms with van der Waals surface area (Å²) < 4.78 is 5.46. The van der Waals surface area contributed by atoms with E-state index in [4.69, 9.17) is 10.00 Å². The number of nitrogens with zero attached hydrogens (tertiary/aromatic N) is 2. The predicted molar refractivity (Wildman–Crippen MR) is 64.9 cm³/mol. The summed E-state index contributed by atoms with van der Waals surface area (Å²) >= 11 is 0. The lowest BCUT2D eigenvalue weighted by molar-refractivity contribution is 0.0724. The molecule has 94 valence electrons. The zero-order valence-corrected chi connectivity index (χ0v) is 10.4. The third-order valence-corrected chi connectivity index (χ3v) is 3.41. The first kappa shape index (κ1) is 12.5. The van der Waals surface area contributed by atoms with E-state index in [9.17, 15) is 4.79 Å². The van der Waals surface area contributed by atoms with Crippen molar-refractivity contribution in [2.45, 2.75) is 31.9 Å². The number of rotatable bonds is 2. The summed E-state index contributed by atoms with van der Waals surface area (Å²) in [6.07, 6.45) is 2.17. The second-order valence-corrected chi connectivity index (χ2v) is 4.68. The molecule has 1 aromatic heterocycles. The Bertz CT molecular complexity index is 492. The zero-order chi connectivity index (χ0) is 13.2. The fourth-order valence-corrected chi connectivity index (χ4v) is 1.92. The minimum atomic E-state index is -0.355. The molecule has 1 saturated heterocycles. The van der Waals surface area contributed by atoms with Gasteiger partial charge in [-0.1, -0.05) is 0 Å². The van der Waals surface area contributed by atoms with E-state index in [-0.39, 0.29) is 17.6 Å². The lowest BCUT2D eigenvalue weighted by Crippen LogP contribution is -2.50. The molecule has 5 nitrogen and oxygen atoms in total. The Balaban J connectivity index is 2.10. The number of ether oxygens (including phenoxy) is 1. The minimum absolute atomic E-state index is 0.0140. The molecule has 1 fully saturated rings. The van der Waals surface area contributed by atoms with Crippen LogP contribution in [0.15, 0.2) is 18.3 Å². The predicted octanol–water partition coefficient (Wildman–Crippen LogP) is 1.25. The number of carbonyl (C=O) groups excluding carboxylic acids is 1. The highest BCUT2D eigenvalue weighted by atomic mass is 16.5. The molecule has 1 aliphatic heterocycles. The van der Waals surface area contributed by atoms with Crippen LogP contribution in [-0.4, -0.2) is 29.1 Å². The van der Waals surface area contributed by atoms with Crippen LogP contribution < -0.4 is 5.32 Å². The van der Waals surface area contributed by atoms with Gasteiger partial charge in [-0.05, 0) is 32.4 Å². The van der Waals surface area contributed by atoms with Gasteiger partial charge in [-0.15, -0.1) is 0 Å². The highest BCUT2D eigenvalue weighted by Gasteiger charge is 2.38. The Kier molecular flexibility index (Phi) is 3.30.